The lowest BCUT2D eigenvalue weighted by Crippen LogP contribution is -2.59. The first kappa shape index (κ1) is 9.80. The summed E-state index contributed by atoms with van der Waals surface area (Å²) in [4.78, 5) is 0. The molecule has 1 saturated heterocycles. The fourth-order valence-electron chi connectivity index (χ4n) is 2.94. The van der Waals surface area contributed by atoms with Crippen LogP contribution in [0.2, 0.25) is 0 Å². The fraction of sp³-hybridized carbons (Fsp3) is 0.462. The monoisotopic (exact) mass is 217 g/mol. The highest BCUT2D eigenvalue weighted by molar-refractivity contribution is 5.38. The molecule has 1 heterocycles. The summed E-state index contributed by atoms with van der Waals surface area (Å²) in [7, 11) is 0. The first-order valence-corrected chi connectivity index (χ1v) is 5.43. The lowest BCUT2D eigenvalue weighted by Gasteiger charge is -2.57. The van der Waals surface area contributed by atoms with Gasteiger partial charge in [0.2, 0.25) is 0 Å². The molecule has 1 saturated carbocycles. The Morgan fingerprint density at radius 2 is 1.81 bits per heavy atom. The number of nitriles is 1. The molecule has 2 fully saturated rings. The van der Waals surface area contributed by atoms with Crippen molar-refractivity contribution in [2.75, 3.05) is 13.2 Å². The van der Waals surface area contributed by atoms with Crippen LogP contribution in [-0.2, 0) is 10.2 Å². The van der Waals surface area contributed by atoms with Crippen molar-refractivity contribution >= 4 is 0 Å². The van der Waals surface area contributed by atoms with E-state index in [-0.39, 0.29) is 11.2 Å². The predicted octanol–water partition coefficient (Wildman–Crippen LogP) is 2.40. The summed E-state index contributed by atoms with van der Waals surface area (Å²) in [6, 6.07) is 8.70. The van der Waals surface area contributed by atoms with Gasteiger partial charge < -0.3 is 4.74 Å². The van der Waals surface area contributed by atoms with Crippen LogP contribution in [0.25, 0.3) is 0 Å². The van der Waals surface area contributed by atoms with Gasteiger partial charge in [0.25, 0.3) is 0 Å². The Bertz CT molecular complexity index is 448. The first-order valence-electron chi connectivity index (χ1n) is 5.43. The molecule has 1 aliphatic carbocycles. The largest absolute Gasteiger partial charge is 0.380 e. The minimum atomic E-state index is -0.405. The number of ether oxygens (including phenoxy) is 1. The molecule has 16 heavy (non-hydrogen) atoms. The Morgan fingerprint density at radius 3 is 2.25 bits per heavy atom. The number of nitrogens with zero attached hydrogens (tertiary/aromatic N) is 1. The molecule has 2 nitrogen and oxygen atoms in total. The quantitative estimate of drug-likeness (QED) is 0.723. The number of hydrogen-bond donors (Lipinski definition) is 0. The van der Waals surface area contributed by atoms with Crippen molar-refractivity contribution in [2.24, 2.45) is 5.41 Å². The molecule has 1 aliphatic heterocycles. The van der Waals surface area contributed by atoms with Crippen LogP contribution < -0.4 is 0 Å². The zero-order chi connectivity index (χ0) is 11.2. The minimum Gasteiger partial charge on any atom is -0.380 e. The second-order valence-electron chi connectivity index (χ2n) is 5.05. The summed E-state index contributed by atoms with van der Waals surface area (Å²) in [5.41, 5.74) is 0.774. The lowest BCUT2D eigenvalue weighted by atomic mass is 9.50. The smallest absolute Gasteiger partial charge is 0.123 e. The highest BCUT2D eigenvalue weighted by atomic mass is 19.1. The number of benzene rings is 1. The Hall–Kier alpha value is -1.40. The van der Waals surface area contributed by atoms with E-state index < -0.39 is 5.41 Å². The zero-order valence-corrected chi connectivity index (χ0v) is 8.87. The molecule has 82 valence electrons. The summed E-state index contributed by atoms with van der Waals surface area (Å²) in [6.07, 6.45) is 1.70. The van der Waals surface area contributed by atoms with Gasteiger partial charge in [-0.15, -0.1) is 0 Å². The van der Waals surface area contributed by atoms with Gasteiger partial charge in [0, 0.05) is 5.41 Å². The molecule has 3 rings (SSSR count). The summed E-state index contributed by atoms with van der Waals surface area (Å²) in [5.74, 6) is -0.252. The van der Waals surface area contributed by atoms with Gasteiger partial charge in [0.15, 0.2) is 0 Å². The Balaban J connectivity index is 1.87. The van der Waals surface area contributed by atoms with E-state index in [1.54, 1.807) is 12.1 Å². The maximum absolute atomic E-state index is 12.8. The lowest BCUT2D eigenvalue weighted by molar-refractivity contribution is -0.178. The molecule has 1 spiro atoms. The van der Waals surface area contributed by atoms with Crippen LogP contribution in [0.4, 0.5) is 4.39 Å². The van der Waals surface area contributed by atoms with Gasteiger partial charge >= 0.3 is 0 Å². The normalized spacial score (nSPS) is 24.2. The molecular formula is C13H12FNO. The van der Waals surface area contributed by atoms with E-state index in [0.29, 0.717) is 0 Å². The van der Waals surface area contributed by atoms with E-state index in [2.05, 4.69) is 6.07 Å². The topological polar surface area (TPSA) is 33.0 Å². The van der Waals surface area contributed by atoms with E-state index >= 15 is 0 Å². The Morgan fingerprint density at radius 1 is 1.19 bits per heavy atom. The van der Waals surface area contributed by atoms with Crippen molar-refractivity contribution in [3.8, 4) is 6.07 Å². The Kier molecular flexibility index (Phi) is 1.87. The number of hydrogen-bond acceptors (Lipinski definition) is 2. The van der Waals surface area contributed by atoms with E-state index in [1.165, 1.54) is 12.1 Å². The van der Waals surface area contributed by atoms with Gasteiger partial charge in [-0.2, -0.15) is 5.26 Å². The van der Waals surface area contributed by atoms with Crippen molar-refractivity contribution in [2.45, 2.75) is 18.3 Å². The number of rotatable bonds is 1. The summed E-state index contributed by atoms with van der Waals surface area (Å²) in [6.45, 7) is 1.55. The van der Waals surface area contributed by atoms with Crippen molar-refractivity contribution in [3.63, 3.8) is 0 Å². The van der Waals surface area contributed by atoms with Gasteiger partial charge in [0.05, 0.1) is 24.7 Å². The summed E-state index contributed by atoms with van der Waals surface area (Å²) < 4.78 is 18.0. The number of halogens is 1. The summed E-state index contributed by atoms with van der Waals surface area (Å²) in [5, 5.41) is 9.33. The van der Waals surface area contributed by atoms with Crippen molar-refractivity contribution < 1.29 is 9.13 Å². The predicted molar refractivity (Wildman–Crippen MR) is 56.2 cm³/mol. The average Bonchev–Trinajstić information content (AvgIpc) is 2.17. The molecule has 0 aromatic heterocycles. The highest BCUT2D eigenvalue weighted by Crippen LogP contribution is 2.58. The van der Waals surface area contributed by atoms with Gasteiger partial charge in [-0.05, 0) is 30.5 Å². The van der Waals surface area contributed by atoms with Crippen molar-refractivity contribution in [3.05, 3.63) is 35.6 Å². The van der Waals surface area contributed by atoms with Crippen LogP contribution in [0.3, 0.4) is 0 Å². The van der Waals surface area contributed by atoms with Crippen LogP contribution in [-0.4, -0.2) is 13.2 Å². The maximum atomic E-state index is 12.8. The molecule has 0 amide bonds. The molecule has 3 heteroatoms. The minimum absolute atomic E-state index is 0.240. The average molecular weight is 217 g/mol. The summed E-state index contributed by atoms with van der Waals surface area (Å²) >= 11 is 0. The molecule has 0 N–H and O–H groups in total. The van der Waals surface area contributed by atoms with Crippen LogP contribution in [0.1, 0.15) is 18.4 Å². The van der Waals surface area contributed by atoms with E-state index in [1.807, 2.05) is 0 Å². The standard InChI is InChI=1S/C13H12FNO/c14-11-3-1-10(2-4-11)13(7-15)5-12(6-13)8-16-9-12/h1-4H,5-6,8-9H2. The fourth-order valence-corrected chi connectivity index (χ4v) is 2.94. The molecular weight excluding hydrogens is 205 g/mol. The molecule has 1 aromatic rings. The van der Waals surface area contributed by atoms with Crippen LogP contribution in [0.5, 0.6) is 0 Å². The first-order chi connectivity index (χ1) is 7.68. The molecule has 0 unspecified atom stereocenters. The highest BCUT2D eigenvalue weighted by Gasteiger charge is 2.59. The van der Waals surface area contributed by atoms with Gasteiger partial charge in [-0.3, -0.25) is 0 Å². The van der Waals surface area contributed by atoms with Crippen molar-refractivity contribution in [1.82, 2.24) is 0 Å². The van der Waals surface area contributed by atoms with Crippen LogP contribution >= 0.6 is 0 Å². The Labute approximate surface area is 93.6 Å². The second kappa shape index (κ2) is 3.05. The van der Waals surface area contributed by atoms with Gasteiger partial charge in [-0.1, -0.05) is 12.1 Å². The molecule has 2 aliphatic rings. The third-order valence-electron chi connectivity index (χ3n) is 3.78. The van der Waals surface area contributed by atoms with Gasteiger partial charge in [0.1, 0.15) is 5.82 Å². The molecule has 1 aromatic carbocycles. The third-order valence-corrected chi connectivity index (χ3v) is 3.78. The van der Waals surface area contributed by atoms with E-state index in [9.17, 15) is 9.65 Å². The van der Waals surface area contributed by atoms with Crippen LogP contribution in [0, 0.1) is 22.6 Å². The SMILES string of the molecule is N#CC1(c2ccc(F)cc2)CC2(COC2)C1. The third kappa shape index (κ3) is 1.20. The second-order valence-corrected chi connectivity index (χ2v) is 5.05. The molecule has 0 radical (unpaired) electrons. The molecule has 0 bridgehead atoms. The van der Waals surface area contributed by atoms with Crippen LogP contribution in [0.15, 0.2) is 24.3 Å². The van der Waals surface area contributed by atoms with E-state index in [4.69, 9.17) is 4.74 Å². The maximum Gasteiger partial charge on any atom is 0.123 e. The van der Waals surface area contributed by atoms with Gasteiger partial charge in [-0.25, -0.2) is 4.39 Å². The van der Waals surface area contributed by atoms with Crippen molar-refractivity contribution in [1.29, 1.82) is 5.26 Å². The zero-order valence-electron chi connectivity index (χ0n) is 8.87. The molecule has 0 atom stereocenters. The van der Waals surface area contributed by atoms with E-state index in [0.717, 1.165) is 31.6 Å².